The second kappa shape index (κ2) is 10.4. The Kier molecular flexibility index (Phi) is 6.67. The topological polar surface area (TPSA) is 82.8 Å². The van der Waals surface area contributed by atoms with Crippen molar-refractivity contribution >= 4 is 39.2 Å². The van der Waals surface area contributed by atoms with E-state index in [2.05, 4.69) is 44.8 Å². The number of aromatic amines is 1. The molecule has 7 heteroatoms. The number of ether oxygens (including phenoxy) is 1. The van der Waals surface area contributed by atoms with Crippen LogP contribution < -0.4 is 0 Å². The van der Waals surface area contributed by atoms with E-state index in [0.29, 0.717) is 27.7 Å². The van der Waals surface area contributed by atoms with Gasteiger partial charge in [0.1, 0.15) is 0 Å². The first-order valence-corrected chi connectivity index (χ1v) is 13.4. The number of likely N-dealkylation sites (tertiary alicyclic amines) is 1. The van der Waals surface area contributed by atoms with Gasteiger partial charge >= 0.3 is 5.97 Å². The number of aryl methyl sites for hydroxylation is 1. The van der Waals surface area contributed by atoms with E-state index in [1.165, 1.54) is 31.9 Å². The second-order valence-corrected chi connectivity index (χ2v) is 10.3. The third kappa shape index (κ3) is 4.93. The summed E-state index contributed by atoms with van der Waals surface area (Å²) in [5, 5.41) is 12.9. The number of rotatable bonds is 6. The van der Waals surface area contributed by atoms with Crippen molar-refractivity contribution in [2.45, 2.75) is 25.8 Å². The third-order valence-corrected chi connectivity index (χ3v) is 7.60. The van der Waals surface area contributed by atoms with Gasteiger partial charge in [-0.05, 0) is 80.0 Å². The quantitative estimate of drug-likeness (QED) is 0.203. The number of esters is 1. The Balaban J connectivity index is 1.50. The van der Waals surface area contributed by atoms with Gasteiger partial charge in [-0.15, -0.1) is 0 Å². The fourth-order valence-corrected chi connectivity index (χ4v) is 5.59. The number of carbonyl (C=O) groups is 1. The Hall–Kier alpha value is -4.36. The number of fused-ring (bicyclic) bond motifs is 2. The number of aromatic nitrogens is 2. The van der Waals surface area contributed by atoms with E-state index >= 15 is 0 Å². The first kappa shape index (κ1) is 24.9. The van der Waals surface area contributed by atoms with Gasteiger partial charge in [-0.1, -0.05) is 24.6 Å². The summed E-state index contributed by atoms with van der Waals surface area (Å²) in [5.74, 6) is -0.429. The highest BCUT2D eigenvalue weighted by atomic mass is 16.5. The maximum absolute atomic E-state index is 12.3. The normalized spacial score (nSPS) is 14.8. The SMILES string of the molecule is COC(=O)c1ccc2[nH]c(O)c(C(=Nc3cccc(CN4CCCCC4)c3)c3ccc4c(ccn4C)c3)c2c1. The molecule has 6 rings (SSSR count). The Bertz CT molecular complexity index is 1710. The molecule has 2 aromatic heterocycles. The maximum atomic E-state index is 12.3. The number of aliphatic imine (C=N–C) groups is 1. The molecule has 0 amide bonds. The van der Waals surface area contributed by atoms with Crippen LogP contribution in [0.4, 0.5) is 5.69 Å². The summed E-state index contributed by atoms with van der Waals surface area (Å²) in [6.07, 6.45) is 5.83. The standard InChI is InChI=1S/C32H32N4O3/c1-35-16-13-22-18-23(10-12-28(22)35)30(29-26-19-24(32(38)39-2)9-11-27(26)34-31(29)37)33-25-8-6-7-21(17-25)20-36-14-4-3-5-15-36/h6-13,16-19,34,37H,3-5,14-15,20H2,1-2H3. The van der Waals surface area contributed by atoms with Crippen molar-refractivity contribution in [2.24, 2.45) is 12.0 Å². The predicted molar refractivity (Wildman–Crippen MR) is 155 cm³/mol. The van der Waals surface area contributed by atoms with Crippen LogP contribution in [0, 0.1) is 0 Å². The van der Waals surface area contributed by atoms with Gasteiger partial charge in [0.2, 0.25) is 0 Å². The summed E-state index contributed by atoms with van der Waals surface area (Å²) in [5.41, 5.74) is 6.30. The lowest BCUT2D eigenvalue weighted by Gasteiger charge is -2.26. The highest BCUT2D eigenvalue weighted by molar-refractivity contribution is 6.23. The smallest absolute Gasteiger partial charge is 0.337 e. The maximum Gasteiger partial charge on any atom is 0.337 e. The molecule has 0 aliphatic carbocycles. The van der Waals surface area contributed by atoms with E-state index in [9.17, 15) is 9.90 Å². The van der Waals surface area contributed by atoms with Crippen LogP contribution in [-0.4, -0.2) is 51.4 Å². The molecule has 0 spiro atoms. The van der Waals surface area contributed by atoms with E-state index < -0.39 is 5.97 Å². The van der Waals surface area contributed by atoms with Gasteiger partial charge in [0.05, 0.1) is 29.6 Å². The van der Waals surface area contributed by atoms with Crippen molar-refractivity contribution in [3.8, 4) is 5.88 Å². The monoisotopic (exact) mass is 520 g/mol. The van der Waals surface area contributed by atoms with Gasteiger partial charge in [0.15, 0.2) is 5.88 Å². The molecule has 1 aliphatic heterocycles. The molecule has 39 heavy (non-hydrogen) atoms. The predicted octanol–water partition coefficient (Wildman–Crippen LogP) is 6.31. The van der Waals surface area contributed by atoms with Crippen LogP contribution >= 0.6 is 0 Å². The Labute approximate surface area is 227 Å². The zero-order valence-corrected chi connectivity index (χ0v) is 22.3. The van der Waals surface area contributed by atoms with Gasteiger partial charge in [0.25, 0.3) is 0 Å². The average molecular weight is 521 g/mol. The number of benzene rings is 3. The number of nitrogens with zero attached hydrogens (tertiary/aromatic N) is 3. The zero-order valence-electron chi connectivity index (χ0n) is 22.3. The van der Waals surface area contributed by atoms with Gasteiger partial charge in [-0.3, -0.25) is 4.90 Å². The van der Waals surface area contributed by atoms with Crippen molar-refractivity contribution in [3.05, 3.63) is 95.2 Å². The number of nitrogens with one attached hydrogen (secondary N) is 1. The second-order valence-electron chi connectivity index (χ2n) is 10.3. The fourth-order valence-electron chi connectivity index (χ4n) is 5.59. The molecule has 3 aromatic carbocycles. The van der Waals surface area contributed by atoms with E-state index in [1.807, 2.05) is 31.4 Å². The molecular formula is C32H32N4O3. The first-order valence-electron chi connectivity index (χ1n) is 13.4. The summed E-state index contributed by atoms with van der Waals surface area (Å²) < 4.78 is 7.03. The molecule has 0 saturated carbocycles. The van der Waals surface area contributed by atoms with Crippen LogP contribution in [0.1, 0.15) is 46.3 Å². The number of carbonyl (C=O) groups excluding carboxylic acids is 1. The van der Waals surface area contributed by atoms with Crippen LogP contribution in [0.5, 0.6) is 5.88 Å². The lowest BCUT2D eigenvalue weighted by molar-refractivity contribution is 0.0601. The molecule has 7 nitrogen and oxygen atoms in total. The molecule has 0 radical (unpaired) electrons. The average Bonchev–Trinajstić information content (AvgIpc) is 3.49. The first-order chi connectivity index (χ1) is 19.0. The van der Waals surface area contributed by atoms with Gasteiger partial charge in [-0.25, -0.2) is 9.79 Å². The van der Waals surface area contributed by atoms with Gasteiger partial charge in [-0.2, -0.15) is 0 Å². The number of hydrogen-bond donors (Lipinski definition) is 2. The largest absolute Gasteiger partial charge is 0.494 e. The number of aromatic hydroxyl groups is 1. The minimum atomic E-state index is -0.432. The van der Waals surface area contributed by atoms with Crippen molar-refractivity contribution < 1.29 is 14.6 Å². The Morgan fingerprint density at radius 3 is 2.64 bits per heavy atom. The Morgan fingerprint density at radius 1 is 1.00 bits per heavy atom. The van der Waals surface area contributed by atoms with E-state index in [0.717, 1.165) is 41.8 Å². The molecular weight excluding hydrogens is 488 g/mol. The lowest BCUT2D eigenvalue weighted by atomic mass is 9.98. The highest BCUT2D eigenvalue weighted by Gasteiger charge is 2.21. The van der Waals surface area contributed by atoms with Crippen molar-refractivity contribution in [1.29, 1.82) is 0 Å². The molecule has 2 N–H and O–H groups in total. The van der Waals surface area contributed by atoms with Crippen molar-refractivity contribution in [1.82, 2.24) is 14.5 Å². The fraction of sp³-hybridized carbons (Fsp3) is 0.250. The molecule has 5 aromatic rings. The van der Waals surface area contributed by atoms with Crippen molar-refractivity contribution in [2.75, 3.05) is 20.2 Å². The molecule has 0 unspecified atom stereocenters. The van der Waals surface area contributed by atoms with Crippen molar-refractivity contribution in [3.63, 3.8) is 0 Å². The van der Waals surface area contributed by atoms with E-state index in [1.54, 1.807) is 18.2 Å². The van der Waals surface area contributed by atoms with Crippen LogP contribution in [-0.2, 0) is 18.3 Å². The minimum absolute atomic E-state index is 0.00314. The molecule has 1 saturated heterocycles. The lowest BCUT2D eigenvalue weighted by Crippen LogP contribution is -2.28. The molecule has 198 valence electrons. The summed E-state index contributed by atoms with van der Waals surface area (Å²) in [6.45, 7) is 3.15. The molecule has 0 atom stereocenters. The van der Waals surface area contributed by atoms with Gasteiger partial charge in [0, 0.05) is 47.2 Å². The van der Waals surface area contributed by atoms with Crippen LogP contribution in [0.3, 0.4) is 0 Å². The summed E-state index contributed by atoms with van der Waals surface area (Å²) in [7, 11) is 3.38. The molecule has 3 heterocycles. The summed E-state index contributed by atoms with van der Waals surface area (Å²) in [6, 6.07) is 21.8. The van der Waals surface area contributed by atoms with Crippen LogP contribution in [0.2, 0.25) is 0 Å². The number of H-pyrrole nitrogens is 1. The minimum Gasteiger partial charge on any atom is -0.494 e. The number of piperidine rings is 1. The van der Waals surface area contributed by atoms with E-state index in [4.69, 9.17) is 9.73 Å². The molecule has 0 bridgehead atoms. The number of methoxy groups -OCH3 is 1. The summed E-state index contributed by atoms with van der Waals surface area (Å²) in [4.78, 5) is 23.0. The number of hydrogen-bond acceptors (Lipinski definition) is 5. The van der Waals surface area contributed by atoms with Crippen LogP contribution in [0.25, 0.3) is 21.8 Å². The Morgan fingerprint density at radius 2 is 1.82 bits per heavy atom. The van der Waals surface area contributed by atoms with Gasteiger partial charge < -0.3 is 19.4 Å². The third-order valence-electron chi connectivity index (χ3n) is 7.60. The highest BCUT2D eigenvalue weighted by Crippen LogP contribution is 2.33. The molecule has 1 fully saturated rings. The van der Waals surface area contributed by atoms with Crippen LogP contribution in [0.15, 0.2) is 77.9 Å². The zero-order chi connectivity index (χ0) is 26.9. The summed E-state index contributed by atoms with van der Waals surface area (Å²) >= 11 is 0. The van der Waals surface area contributed by atoms with E-state index in [-0.39, 0.29) is 5.88 Å². The molecule has 1 aliphatic rings.